The summed E-state index contributed by atoms with van der Waals surface area (Å²) < 4.78 is 0. The molecule has 0 aromatic carbocycles. The van der Waals surface area contributed by atoms with E-state index >= 15 is 0 Å². The quantitative estimate of drug-likeness (QED) is 0.768. The molecule has 0 aromatic rings. The van der Waals surface area contributed by atoms with Gasteiger partial charge in [-0.05, 0) is 32.6 Å². The molecular weight excluding hydrogens is 274 g/mol. The van der Waals surface area contributed by atoms with Gasteiger partial charge < -0.3 is 4.90 Å². The van der Waals surface area contributed by atoms with E-state index in [1.54, 1.807) is 11.8 Å². The van der Waals surface area contributed by atoms with Gasteiger partial charge in [-0.15, -0.1) is 0 Å². The number of hydrogen-bond donors (Lipinski definition) is 1. The summed E-state index contributed by atoms with van der Waals surface area (Å²) in [7, 11) is 0. The van der Waals surface area contributed by atoms with Gasteiger partial charge in [0.2, 0.25) is 17.7 Å². The van der Waals surface area contributed by atoms with Gasteiger partial charge in [-0.1, -0.05) is 6.92 Å². The van der Waals surface area contributed by atoms with Crippen LogP contribution in [0.3, 0.4) is 0 Å². The van der Waals surface area contributed by atoms with Crippen molar-refractivity contribution in [3.05, 3.63) is 0 Å². The molecule has 2 rings (SSSR count). The maximum atomic E-state index is 12.4. The third-order valence-electron chi connectivity index (χ3n) is 4.12. The highest BCUT2D eigenvalue weighted by Gasteiger charge is 2.44. The van der Waals surface area contributed by atoms with Crippen LogP contribution in [0.15, 0.2) is 0 Å². The third kappa shape index (κ3) is 2.91. The van der Waals surface area contributed by atoms with Crippen LogP contribution in [0.2, 0.25) is 0 Å². The SMILES string of the molecule is CCC1C(=O)NC(=O)N(C(C)C(=O)N2CCCCC2)C1=O. The first-order valence-electron chi connectivity index (χ1n) is 7.44. The van der Waals surface area contributed by atoms with Gasteiger partial charge in [-0.3, -0.25) is 24.6 Å². The number of barbiturate groups is 1. The van der Waals surface area contributed by atoms with Crippen molar-refractivity contribution in [2.24, 2.45) is 5.92 Å². The molecule has 2 heterocycles. The van der Waals surface area contributed by atoms with Crippen LogP contribution in [0.25, 0.3) is 0 Å². The van der Waals surface area contributed by atoms with Crippen LogP contribution < -0.4 is 5.32 Å². The number of piperidine rings is 1. The molecule has 0 spiro atoms. The third-order valence-corrected chi connectivity index (χ3v) is 4.12. The lowest BCUT2D eigenvalue weighted by atomic mass is 10.0. The second-order valence-corrected chi connectivity index (χ2v) is 5.53. The zero-order chi connectivity index (χ0) is 15.6. The van der Waals surface area contributed by atoms with Gasteiger partial charge in [0, 0.05) is 13.1 Å². The minimum Gasteiger partial charge on any atom is -0.341 e. The first-order valence-corrected chi connectivity index (χ1v) is 7.44. The summed E-state index contributed by atoms with van der Waals surface area (Å²) in [4.78, 5) is 50.8. The number of carbonyl (C=O) groups is 4. The van der Waals surface area contributed by atoms with Crippen LogP contribution in [0, 0.1) is 5.92 Å². The standard InChI is InChI=1S/C14H21N3O4/c1-3-10-11(18)15-14(21)17(13(10)20)9(2)12(19)16-7-5-4-6-8-16/h9-10H,3-8H2,1-2H3,(H,15,18,21). The molecule has 0 aromatic heterocycles. The van der Waals surface area contributed by atoms with Crippen molar-refractivity contribution in [3.63, 3.8) is 0 Å². The van der Waals surface area contributed by atoms with Crippen LogP contribution in [0.4, 0.5) is 4.79 Å². The van der Waals surface area contributed by atoms with Crippen molar-refractivity contribution in [2.75, 3.05) is 13.1 Å². The maximum absolute atomic E-state index is 12.4. The molecule has 116 valence electrons. The van der Waals surface area contributed by atoms with Crippen LogP contribution in [0.5, 0.6) is 0 Å². The second-order valence-electron chi connectivity index (χ2n) is 5.53. The lowest BCUT2D eigenvalue weighted by Gasteiger charge is -2.36. The van der Waals surface area contributed by atoms with Gasteiger partial charge in [0.1, 0.15) is 12.0 Å². The van der Waals surface area contributed by atoms with Crippen molar-refractivity contribution in [2.45, 2.75) is 45.6 Å². The first kappa shape index (κ1) is 15.5. The molecule has 0 radical (unpaired) electrons. The largest absolute Gasteiger partial charge is 0.341 e. The Kier molecular flexibility index (Phi) is 4.59. The van der Waals surface area contributed by atoms with Crippen LogP contribution >= 0.6 is 0 Å². The minimum atomic E-state index is -0.890. The lowest BCUT2D eigenvalue weighted by molar-refractivity contribution is -0.150. The molecule has 21 heavy (non-hydrogen) atoms. The summed E-state index contributed by atoms with van der Waals surface area (Å²) in [6, 6.07) is -1.68. The fourth-order valence-electron chi connectivity index (χ4n) is 2.85. The molecule has 2 unspecified atom stereocenters. The van der Waals surface area contributed by atoms with E-state index in [0.29, 0.717) is 19.5 Å². The summed E-state index contributed by atoms with van der Waals surface area (Å²) >= 11 is 0. The van der Waals surface area contributed by atoms with Gasteiger partial charge in [0.25, 0.3) is 0 Å². The zero-order valence-electron chi connectivity index (χ0n) is 12.4. The van der Waals surface area contributed by atoms with Crippen molar-refractivity contribution in [3.8, 4) is 0 Å². The predicted octanol–water partition coefficient (Wildman–Crippen LogP) is 0.492. The Hall–Kier alpha value is -1.92. The van der Waals surface area contributed by atoms with Crippen LogP contribution in [-0.2, 0) is 14.4 Å². The van der Waals surface area contributed by atoms with Gasteiger partial charge in [0.05, 0.1) is 0 Å². The summed E-state index contributed by atoms with van der Waals surface area (Å²) in [6.07, 6.45) is 3.27. The van der Waals surface area contributed by atoms with E-state index in [-0.39, 0.29) is 5.91 Å². The Bertz CT molecular complexity index is 471. The lowest BCUT2D eigenvalue weighted by Crippen LogP contribution is -2.63. The van der Waals surface area contributed by atoms with Gasteiger partial charge in [-0.25, -0.2) is 4.79 Å². The van der Waals surface area contributed by atoms with Crippen LogP contribution in [0.1, 0.15) is 39.5 Å². The number of amides is 5. The number of likely N-dealkylation sites (tertiary alicyclic amines) is 1. The molecule has 7 nitrogen and oxygen atoms in total. The molecule has 1 N–H and O–H groups in total. The Morgan fingerprint density at radius 1 is 1.24 bits per heavy atom. The molecule has 0 aliphatic carbocycles. The number of carbonyl (C=O) groups excluding carboxylic acids is 4. The molecule has 5 amide bonds. The van der Waals surface area contributed by atoms with E-state index < -0.39 is 29.8 Å². The monoisotopic (exact) mass is 295 g/mol. The Labute approximate surface area is 123 Å². The van der Waals surface area contributed by atoms with Gasteiger partial charge >= 0.3 is 6.03 Å². The number of urea groups is 1. The highest BCUT2D eigenvalue weighted by molar-refractivity contribution is 6.17. The molecule has 2 aliphatic rings. The topological polar surface area (TPSA) is 86.8 Å². The van der Waals surface area contributed by atoms with E-state index in [1.807, 2.05) is 0 Å². The van der Waals surface area contributed by atoms with Crippen molar-refractivity contribution >= 4 is 23.8 Å². The van der Waals surface area contributed by atoms with Crippen molar-refractivity contribution < 1.29 is 19.2 Å². The summed E-state index contributed by atoms with van der Waals surface area (Å²) in [5.74, 6) is -2.29. The molecule has 0 bridgehead atoms. The first-order chi connectivity index (χ1) is 9.97. The number of hydrogen-bond acceptors (Lipinski definition) is 4. The highest BCUT2D eigenvalue weighted by atomic mass is 16.2. The fraction of sp³-hybridized carbons (Fsp3) is 0.714. The zero-order valence-corrected chi connectivity index (χ0v) is 12.4. The highest BCUT2D eigenvalue weighted by Crippen LogP contribution is 2.19. The van der Waals surface area contributed by atoms with Gasteiger partial charge in [-0.2, -0.15) is 0 Å². The smallest absolute Gasteiger partial charge is 0.331 e. The summed E-state index contributed by atoms with van der Waals surface area (Å²) in [5, 5.41) is 2.16. The Balaban J connectivity index is 2.14. The second kappa shape index (κ2) is 6.24. The van der Waals surface area contributed by atoms with Gasteiger partial charge in [0.15, 0.2) is 0 Å². The Morgan fingerprint density at radius 3 is 2.43 bits per heavy atom. The normalized spacial score (nSPS) is 24.9. The number of rotatable bonds is 3. The summed E-state index contributed by atoms with van der Waals surface area (Å²) in [6.45, 7) is 4.55. The number of imide groups is 2. The molecule has 2 atom stereocenters. The van der Waals surface area contributed by atoms with E-state index in [2.05, 4.69) is 5.32 Å². The van der Waals surface area contributed by atoms with E-state index in [0.717, 1.165) is 24.2 Å². The van der Waals surface area contributed by atoms with Crippen molar-refractivity contribution in [1.29, 1.82) is 0 Å². The summed E-state index contributed by atoms with van der Waals surface area (Å²) in [5.41, 5.74) is 0. The van der Waals surface area contributed by atoms with Crippen LogP contribution in [-0.4, -0.2) is 52.7 Å². The molecule has 2 aliphatic heterocycles. The van der Waals surface area contributed by atoms with E-state index in [9.17, 15) is 19.2 Å². The molecule has 2 fully saturated rings. The fourth-order valence-corrected chi connectivity index (χ4v) is 2.85. The average Bonchev–Trinajstić information content (AvgIpc) is 2.47. The minimum absolute atomic E-state index is 0.234. The van der Waals surface area contributed by atoms with Crippen molar-refractivity contribution in [1.82, 2.24) is 15.1 Å². The molecular formula is C14H21N3O4. The molecule has 2 saturated heterocycles. The number of nitrogens with one attached hydrogen (secondary N) is 1. The predicted molar refractivity (Wildman–Crippen MR) is 74.1 cm³/mol. The van der Waals surface area contributed by atoms with E-state index in [1.165, 1.54) is 6.92 Å². The number of nitrogens with zero attached hydrogens (tertiary/aromatic N) is 2. The molecule has 0 saturated carbocycles. The Morgan fingerprint density at radius 2 is 1.86 bits per heavy atom. The molecule has 7 heteroatoms. The maximum Gasteiger partial charge on any atom is 0.331 e. The average molecular weight is 295 g/mol. The van der Waals surface area contributed by atoms with E-state index in [4.69, 9.17) is 0 Å².